The average Bonchev–Trinajstić information content (AvgIpc) is 2.45. The molecule has 1 radical (unpaired) electrons. The van der Waals surface area contributed by atoms with E-state index in [2.05, 4.69) is 5.43 Å². The Morgan fingerprint density at radius 1 is 1.14 bits per heavy atom. The molecule has 1 aliphatic heterocycles. The minimum Gasteiger partial charge on any atom is -0.267 e. The summed E-state index contributed by atoms with van der Waals surface area (Å²) in [6.07, 6.45) is 0. The molecule has 0 aromatic heterocycles. The van der Waals surface area contributed by atoms with Gasteiger partial charge in [0, 0.05) is 6.54 Å². The van der Waals surface area contributed by atoms with Crippen molar-refractivity contribution in [3.63, 3.8) is 0 Å². The first-order valence-corrected chi connectivity index (χ1v) is 4.41. The van der Waals surface area contributed by atoms with E-state index in [9.17, 15) is 9.59 Å². The molecule has 2 amide bonds. The molecule has 1 heterocycles. The van der Waals surface area contributed by atoms with Gasteiger partial charge in [-0.15, -0.1) is 5.43 Å². The molecule has 0 atom stereocenters. The van der Waals surface area contributed by atoms with Crippen LogP contribution in [0.25, 0.3) is 0 Å². The first kappa shape index (κ1) is 8.90. The van der Waals surface area contributed by atoms with E-state index in [0.29, 0.717) is 17.7 Å². The van der Waals surface area contributed by atoms with Gasteiger partial charge in [0.1, 0.15) is 0 Å². The Hall–Kier alpha value is -1.68. The van der Waals surface area contributed by atoms with Crippen LogP contribution in [-0.2, 0) is 0 Å². The third-order valence-corrected chi connectivity index (χ3v) is 2.06. The van der Waals surface area contributed by atoms with Gasteiger partial charge >= 0.3 is 0 Å². The van der Waals surface area contributed by atoms with Crippen molar-refractivity contribution in [1.29, 1.82) is 0 Å². The number of carbonyl (C=O) groups is 2. The highest BCUT2D eigenvalue weighted by Crippen LogP contribution is 2.20. The molecule has 0 fully saturated rings. The summed E-state index contributed by atoms with van der Waals surface area (Å²) >= 11 is 0. The molecule has 0 saturated heterocycles. The molecule has 1 aromatic rings. The van der Waals surface area contributed by atoms with Gasteiger partial charge in [0.25, 0.3) is 11.8 Å². The monoisotopic (exact) mass is 189 g/mol. The number of hydrogen-bond donors (Lipinski definition) is 0. The van der Waals surface area contributed by atoms with Crippen LogP contribution in [0.1, 0.15) is 27.6 Å². The van der Waals surface area contributed by atoms with E-state index < -0.39 is 0 Å². The van der Waals surface area contributed by atoms with Crippen molar-refractivity contribution in [1.82, 2.24) is 10.4 Å². The van der Waals surface area contributed by atoms with E-state index in [1.807, 2.05) is 0 Å². The van der Waals surface area contributed by atoms with Gasteiger partial charge in [-0.2, -0.15) is 5.01 Å². The van der Waals surface area contributed by atoms with Gasteiger partial charge in [0.2, 0.25) is 0 Å². The van der Waals surface area contributed by atoms with Crippen molar-refractivity contribution in [3.05, 3.63) is 35.4 Å². The van der Waals surface area contributed by atoms with E-state index in [0.717, 1.165) is 5.01 Å². The second-order valence-corrected chi connectivity index (χ2v) is 2.93. The summed E-state index contributed by atoms with van der Waals surface area (Å²) in [5, 5.41) is 0.935. The van der Waals surface area contributed by atoms with Gasteiger partial charge in [-0.25, -0.2) is 0 Å². The molecule has 0 unspecified atom stereocenters. The minimum atomic E-state index is -0.326. The van der Waals surface area contributed by atoms with Crippen LogP contribution < -0.4 is 5.43 Å². The van der Waals surface area contributed by atoms with E-state index in [1.165, 1.54) is 0 Å². The Kier molecular flexibility index (Phi) is 2.05. The number of nitrogens with zero attached hydrogens (tertiary/aromatic N) is 2. The fourth-order valence-electron chi connectivity index (χ4n) is 1.45. The predicted molar refractivity (Wildman–Crippen MR) is 49.6 cm³/mol. The molecule has 0 bridgehead atoms. The van der Waals surface area contributed by atoms with Crippen LogP contribution in [-0.4, -0.2) is 23.4 Å². The lowest BCUT2D eigenvalue weighted by Gasteiger charge is -2.09. The summed E-state index contributed by atoms with van der Waals surface area (Å²) in [4.78, 5) is 23.2. The molecule has 4 heteroatoms. The molecule has 14 heavy (non-hydrogen) atoms. The molecule has 1 aromatic carbocycles. The zero-order valence-corrected chi connectivity index (χ0v) is 7.73. The van der Waals surface area contributed by atoms with E-state index in [1.54, 1.807) is 31.2 Å². The van der Waals surface area contributed by atoms with E-state index in [4.69, 9.17) is 0 Å². The van der Waals surface area contributed by atoms with Crippen LogP contribution in [0.15, 0.2) is 24.3 Å². The SMILES string of the molecule is CC[N]N1C(=O)c2ccccc2C1=O. The van der Waals surface area contributed by atoms with Crippen LogP contribution in [0.4, 0.5) is 0 Å². The number of carbonyl (C=O) groups excluding carboxylic acids is 2. The van der Waals surface area contributed by atoms with Crippen molar-refractivity contribution in [2.75, 3.05) is 6.54 Å². The van der Waals surface area contributed by atoms with Crippen LogP contribution in [0, 0.1) is 0 Å². The van der Waals surface area contributed by atoms with Gasteiger partial charge in [-0.05, 0) is 19.1 Å². The number of rotatable bonds is 2. The Labute approximate surface area is 81.5 Å². The summed E-state index contributed by atoms with van der Waals surface area (Å²) < 4.78 is 0. The largest absolute Gasteiger partial charge is 0.277 e. The standard InChI is InChI=1S/C10H9N2O2/c1-2-11-12-9(13)7-5-3-4-6-8(7)10(12)14/h3-6H,2H2,1H3. The summed E-state index contributed by atoms with van der Waals surface area (Å²) in [6, 6.07) is 6.75. The maximum atomic E-state index is 11.6. The van der Waals surface area contributed by atoms with E-state index >= 15 is 0 Å². The number of imide groups is 1. The Bertz CT molecular complexity index is 366. The van der Waals surface area contributed by atoms with E-state index in [-0.39, 0.29) is 11.8 Å². The van der Waals surface area contributed by atoms with Crippen molar-refractivity contribution in [2.24, 2.45) is 0 Å². The highest BCUT2D eigenvalue weighted by Gasteiger charge is 2.35. The van der Waals surface area contributed by atoms with Crippen molar-refractivity contribution in [2.45, 2.75) is 6.92 Å². The van der Waals surface area contributed by atoms with Gasteiger partial charge in [-0.3, -0.25) is 9.59 Å². The second-order valence-electron chi connectivity index (χ2n) is 2.93. The maximum absolute atomic E-state index is 11.6. The molecule has 0 N–H and O–H groups in total. The molecular formula is C10H9N2O2. The molecule has 0 aliphatic carbocycles. The van der Waals surface area contributed by atoms with Gasteiger partial charge < -0.3 is 0 Å². The van der Waals surface area contributed by atoms with Crippen LogP contribution in [0.2, 0.25) is 0 Å². The number of benzene rings is 1. The van der Waals surface area contributed by atoms with Gasteiger partial charge in [0.05, 0.1) is 11.1 Å². The highest BCUT2D eigenvalue weighted by molar-refractivity contribution is 6.20. The predicted octanol–water partition coefficient (Wildman–Crippen LogP) is 0.822. The van der Waals surface area contributed by atoms with Gasteiger partial charge in [-0.1, -0.05) is 12.1 Å². The maximum Gasteiger partial charge on any atom is 0.277 e. The lowest BCUT2D eigenvalue weighted by atomic mass is 10.1. The third kappa shape index (κ3) is 1.12. The summed E-state index contributed by atoms with van der Waals surface area (Å²) in [5.41, 5.74) is 4.71. The molecule has 0 saturated carbocycles. The third-order valence-electron chi connectivity index (χ3n) is 2.06. The molecule has 1 aliphatic rings. The Balaban J connectivity index is 2.43. The molecule has 4 nitrogen and oxygen atoms in total. The smallest absolute Gasteiger partial charge is 0.267 e. The molecular weight excluding hydrogens is 180 g/mol. The lowest BCUT2D eigenvalue weighted by Crippen LogP contribution is -2.36. The average molecular weight is 189 g/mol. The number of hydrogen-bond acceptors (Lipinski definition) is 2. The normalized spacial score (nSPS) is 14.8. The Morgan fingerprint density at radius 3 is 2.07 bits per heavy atom. The van der Waals surface area contributed by atoms with Crippen molar-refractivity contribution >= 4 is 11.8 Å². The second kappa shape index (κ2) is 3.23. The van der Waals surface area contributed by atoms with Crippen molar-refractivity contribution in [3.8, 4) is 0 Å². The van der Waals surface area contributed by atoms with Crippen LogP contribution in [0.3, 0.4) is 0 Å². The Morgan fingerprint density at radius 2 is 1.64 bits per heavy atom. The topological polar surface area (TPSA) is 51.5 Å². The molecule has 0 spiro atoms. The van der Waals surface area contributed by atoms with Crippen LogP contribution >= 0.6 is 0 Å². The summed E-state index contributed by atoms with van der Waals surface area (Å²) in [7, 11) is 0. The quantitative estimate of drug-likeness (QED) is 0.647. The molecule has 71 valence electrons. The molecule has 2 rings (SSSR count). The van der Waals surface area contributed by atoms with Crippen molar-refractivity contribution < 1.29 is 9.59 Å². The lowest BCUT2D eigenvalue weighted by molar-refractivity contribution is 0.0562. The summed E-state index contributed by atoms with van der Waals surface area (Å²) in [6.45, 7) is 2.20. The highest BCUT2D eigenvalue weighted by atomic mass is 16.2. The van der Waals surface area contributed by atoms with Crippen LogP contribution in [0.5, 0.6) is 0 Å². The fourth-order valence-corrected chi connectivity index (χ4v) is 1.45. The first-order valence-electron chi connectivity index (χ1n) is 4.41. The zero-order valence-electron chi connectivity index (χ0n) is 7.73. The minimum absolute atomic E-state index is 0.326. The summed E-state index contributed by atoms with van der Waals surface area (Å²) in [5.74, 6) is -0.653. The number of fused-ring (bicyclic) bond motifs is 1. The fraction of sp³-hybridized carbons (Fsp3) is 0.200. The zero-order chi connectivity index (χ0) is 10.1. The van der Waals surface area contributed by atoms with Gasteiger partial charge in [0.15, 0.2) is 0 Å². The first-order chi connectivity index (χ1) is 6.75. The number of amides is 2.